The van der Waals surface area contributed by atoms with Crippen LogP contribution >= 0.6 is 0 Å². The van der Waals surface area contributed by atoms with Gasteiger partial charge in [0.25, 0.3) is 0 Å². The summed E-state index contributed by atoms with van der Waals surface area (Å²) in [4.78, 5) is 12.0. The van der Waals surface area contributed by atoms with Gasteiger partial charge in [-0.15, -0.1) is 0 Å². The lowest BCUT2D eigenvalue weighted by Gasteiger charge is -2.24. The quantitative estimate of drug-likeness (QED) is 0.435. The van der Waals surface area contributed by atoms with Crippen LogP contribution in [0.25, 0.3) is 12.2 Å². The molecule has 2 aromatic rings. The van der Waals surface area contributed by atoms with Crippen molar-refractivity contribution in [2.75, 3.05) is 0 Å². The first-order chi connectivity index (χ1) is 11.9. The van der Waals surface area contributed by atoms with Crippen LogP contribution in [-0.4, -0.2) is 16.9 Å². The van der Waals surface area contributed by atoms with Crippen molar-refractivity contribution < 1.29 is 19.4 Å². The molecule has 0 saturated heterocycles. The summed E-state index contributed by atoms with van der Waals surface area (Å²) in [7, 11) is 0. The van der Waals surface area contributed by atoms with Crippen LogP contribution in [0.15, 0.2) is 61.4 Å². The number of aliphatic hydroxyl groups is 1. The molecule has 0 aliphatic rings. The molecule has 25 heavy (non-hydrogen) atoms. The highest BCUT2D eigenvalue weighted by molar-refractivity contribution is 5.64. The normalized spacial score (nSPS) is 11.3. The number of hydrogen-bond acceptors (Lipinski definition) is 4. The van der Waals surface area contributed by atoms with Crippen molar-refractivity contribution in [2.45, 2.75) is 25.9 Å². The molecule has 0 saturated carbocycles. The second-order valence-corrected chi connectivity index (χ2v) is 6.22. The molecule has 0 amide bonds. The van der Waals surface area contributed by atoms with Gasteiger partial charge in [0, 0.05) is 6.42 Å². The number of aliphatic hydroxyl groups excluding tert-OH is 1. The van der Waals surface area contributed by atoms with E-state index in [9.17, 15) is 4.79 Å². The molecule has 1 N–H and O–H groups in total. The minimum Gasteiger partial charge on any atom is -0.516 e. The van der Waals surface area contributed by atoms with Crippen molar-refractivity contribution >= 4 is 18.3 Å². The fourth-order valence-electron chi connectivity index (χ4n) is 2.37. The Morgan fingerprint density at radius 3 is 2.24 bits per heavy atom. The van der Waals surface area contributed by atoms with Crippen LogP contribution in [0.1, 0.15) is 30.5 Å². The summed E-state index contributed by atoms with van der Waals surface area (Å²) in [5, 5.41) is 8.77. The molecule has 0 spiro atoms. The van der Waals surface area contributed by atoms with Gasteiger partial charge in [-0.2, -0.15) is 0 Å². The second kappa shape index (κ2) is 8.20. The maximum absolute atomic E-state index is 12.0. The zero-order chi connectivity index (χ0) is 18.3. The summed E-state index contributed by atoms with van der Waals surface area (Å²) in [5.41, 5.74) is 2.14. The average Bonchev–Trinajstić information content (AvgIpc) is 2.56. The number of carbonyl (C=O) groups excluding carboxylic acids is 1. The van der Waals surface area contributed by atoms with Crippen LogP contribution < -0.4 is 4.74 Å². The molecule has 0 bridgehead atoms. The standard InChI is InChI=1S/C21H22O4/c1-4-16-9-11-19(12-10-16)24-20(23)25-21(2,3)15-18-7-5-17(6-8-18)13-14-22/h4-14,22H,1,15H2,2-3H3. The van der Waals surface area contributed by atoms with E-state index in [1.54, 1.807) is 24.3 Å². The van der Waals surface area contributed by atoms with Gasteiger partial charge in [-0.1, -0.05) is 49.1 Å². The van der Waals surface area contributed by atoms with Crippen molar-refractivity contribution in [1.29, 1.82) is 0 Å². The molecule has 4 nitrogen and oxygen atoms in total. The van der Waals surface area contributed by atoms with Crippen LogP contribution in [0, 0.1) is 0 Å². The zero-order valence-corrected chi connectivity index (χ0v) is 14.4. The van der Waals surface area contributed by atoms with Gasteiger partial charge in [-0.05, 0) is 48.7 Å². The Morgan fingerprint density at radius 1 is 1.08 bits per heavy atom. The summed E-state index contributed by atoms with van der Waals surface area (Å²) >= 11 is 0. The second-order valence-electron chi connectivity index (χ2n) is 6.22. The van der Waals surface area contributed by atoms with E-state index in [4.69, 9.17) is 14.6 Å². The van der Waals surface area contributed by atoms with E-state index in [0.29, 0.717) is 12.2 Å². The molecular weight excluding hydrogens is 316 g/mol. The van der Waals surface area contributed by atoms with Crippen molar-refractivity contribution in [1.82, 2.24) is 0 Å². The van der Waals surface area contributed by atoms with E-state index in [-0.39, 0.29) is 0 Å². The smallest absolute Gasteiger partial charge is 0.514 e. The Kier molecular flexibility index (Phi) is 6.01. The Hall–Kier alpha value is -3.01. The molecule has 4 heteroatoms. The Morgan fingerprint density at radius 2 is 1.68 bits per heavy atom. The Balaban J connectivity index is 1.94. The third kappa shape index (κ3) is 5.84. The van der Waals surface area contributed by atoms with E-state index < -0.39 is 11.8 Å². The molecule has 0 fully saturated rings. The average molecular weight is 338 g/mol. The first-order valence-corrected chi connectivity index (χ1v) is 7.95. The van der Waals surface area contributed by atoms with Crippen LogP contribution in [-0.2, 0) is 11.2 Å². The summed E-state index contributed by atoms with van der Waals surface area (Å²) in [6, 6.07) is 14.6. The van der Waals surface area contributed by atoms with E-state index in [1.807, 2.05) is 50.2 Å². The minimum absolute atomic E-state index is 0.423. The Labute approximate surface area is 148 Å². The molecule has 0 aliphatic carbocycles. The highest BCUT2D eigenvalue weighted by Gasteiger charge is 2.24. The number of ether oxygens (including phenoxy) is 2. The van der Waals surface area contributed by atoms with Crippen LogP contribution in [0.4, 0.5) is 4.79 Å². The first-order valence-electron chi connectivity index (χ1n) is 7.95. The predicted molar refractivity (Wildman–Crippen MR) is 99.5 cm³/mol. The molecule has 2 aromatic carbocycles. The van der Waals surface area contributed by atoms with Crippen molar-refractivity contribution in [3.63, 3.8) is 0 Å². The molecule has 0 heterocycles. The van der Waals surface area contributed by atoms with Gasteiger partial charge in [0.15, 0.2) is 0 Å². The first kappa shape index (κ1) is 18.3. The van der Waals surface area contributed by atoms with Crippen LogP contribution in [0.2, 0.25) is 0 Å². The number of carbonyl (C=O) groups is 1. The fraction of sp³-hybridized carbons (Fsp3) is 0.190. The summed E-state index contributed by atoms with van der Waals surface area (Å²) < 4.78 is 10.7. The van der Waals surface area contributed by atoms with Gasteiger partial charge in [-0.25, -0.2) is 4.79 Å². The maximum atomic E-state index is 12.0. The monoisotopic (exact) mass is 338 g/mol. The van der Waals surface area contributed by atoms with Gasteiger partial charge in [-0.3, -0.25) is 0 Å². The minimum atomic E-state index is -0.740. The lowest BCUT2D eigenvalue weighted by molar-refractivity contribution is 0.00955. The van der Waals surface area contributed by atoms with Crippen molar-refractivity contribution in [3.8, 4) is 5.75 Å². The zero-order valence-electron chi connectivity index (χ0n) is 14.4. The summed E-state index contributed by atoms with van der Waals surface area (Å²) in [6.07, 6.45) is 4.12. The van der Waals surface area contributed by atoms with Crippen molar-refractivity contribution in [3.05, 3.63) is 78.1 Å². The van der Waals surface area contributed by atoms with Gasteiger partial charge < -0.3 is 14.6 Å². The van der Waals surface area contributed by atoms with E-state index >= 15 is 0 Å². The molecular formula is C21H22O4. The lowest BCUT2D eigenvalue weighted by Crippen LogP contribution is -2.32. The molecule has 0 aromatic heterocycles. The van der Waals surface area contributed by atoms with Gasteiger partial charge >= 0.3 is 6.16 Å². The largest absolute Gasteiger partial charge is 0.516 e. The van der Waals surface area contributed by atoms with Crippen LogP contribution in [0.5, 0.6) is 5.75 Å². The van der Waals surface area contributed by atoms with Gasteiger partial charge in [0.1, 0.15) is 11.4 Å². The highest BCUT2D eigenvalue weighted by Crippen LogP contribution is 2.20. The van der Waals surface area contributed by atoms with Gasteiger partial charge in [0.05, 0.1) is 6.26 Å². The predicted octanol–water partition coefficient (Wildman–Crippen LogP) is 5.40. The molecule has 2 rings (SSSR count). The number of rotatable bonds is 6. The molecule has 0 radical (unpaired) electrons. The van der Waals surface area contributed by atoms with Crippen LogP contribution in [0.3, 0.4) is 0 Å². The van der Waals surface area contributed by atoms with E-state index in [0.717, 1.165) is 23.0 Å². The van der Waals surface area contributed by atoms with Gasteiger partial charge in [0.2, 0.25) is 0 Å². The van der Waals surface area contributed by atoms with Crippen molar-refractivity contribution in [2.24, 2.45) is 0 Å². The highest BCUT2D eigenvalue weighted by atomic mass is 16.7. The fourth-order valence-corrected chi connectivity index (χ4v) is 2.37. The molecule has 130 valence electrons. The third-order valence-corrected chi connectivity index (χ3v) is 3.55. The third-order valence-electron chi connectivity index (χ3n) is 3.55. The topological polar surface area (TPSA) is 55.8 Å². The number of benzene rings is 2. The summed E-state index contributed by atoms with van der Waals surface area (Å²) in [5.74, 6) is 0.423. The number of hydrogen-bond donors (Lipinski definition) is 1. The van der Waals surface area contributed by atoms with E-state index in [1.165, 1.54) is 0 Å². The maximum Gasteiger partial charge on any atom is 0.514 e. The molecule has 0 unspecified atom stereocenters. The lowest BCUT2D eigenvalue weighted by atomic mass is 9.97. The SMILES string of the molecule is C=Cc1ccc(OC(=O)OC(C)(C)Cc2ccc(C=CO)cc2)cc1. The van der Waals surface area contributed by atoms with E-state index in [2.05, 4.69) is 6.58 Å². The Bertz CT molecular complexity index is 740. The molecule has 0 atom stereocenters. The molecule has 0 aliphatic heterocycles. The summed E-state index contributed by atoms with van der Waals surface area (Å²) in [6.45, 7) is 7.34.